The Balaban J connectivity index is 2.14. The van der Waals surface area contributed by atoms with Crippen molar-refractivity contribution < 1.29 is 22.7 Å². The van der Waals surface area contributed by atoms with Crippen LogP contribution < -0.4 is 10.2 Å². The fourth-order valence-corrected chi connectivity index (χ4v) is 3.17. The van der Waals surface area contributed by atoms with Gasteiger partial charge < -0.3 is 4.74 Å². The first-order valence-corrected chi connectivity index (χ1v) is 8.40. The van der Waals surface area contributed by atoms with Crippen molar-refractivity contribution in [1.82, 2.24) is 10.4 Å². The molecule has 2 aromatic rings. The summed E-state index contributed by atoms with van der Waals surface area (Å²) >= 11 is 0. The standard InChI is InChI=1S/C19H21F3N2O2/c1-18(2,3)26-15-9-5-6-12-13(15)7-4-8-14(12)17(19(20,21)22)24-11-10-16(25)23-24/h4-9,17H,10-11H2,1-3H3,(H,23,25)/t17-/m0/s1. The third-order valence-electron chi connectivity index (χ3n) is 4.10. The maximum atomic E-state index is 13.9. The van der Waals surface area contributed by atoms with Gasteiger partial charge in [-0.05, 0) is 37.8 Å². The number of nitrogens with zero attached hydrogens (tertiary/aromatic N) is 1. The van der Waals surface area contributed by atoms with E-state index in [0.717, 1.165) is 5.01 Å². The molecule has 1 heterocycles. The molecule has 0 radical (unpaired) electrons. The highest BCUT2D eigenvalue weighted by Crippen LogP contribution is 2.42. The van der Waals surface area contributed by atoms with Gasteiger partial charge in [-0.2, -0.15) is 13.2 Å². The molecular weight excluding hydrogens is 345 g/mol. The van der Waals surface area contributed by atoms with E-state index in [-0.39, 0.29) is 18.5 Å². The summed E-state index contributed by atoms with van der Waals surface area (Å²) < 4.78 is 47.5. The molecule has 1 aliphatic rings. The first kappa shape index (κ1) is 18.5. The number of hydrogen-bond donors (Lipinski definition) is 1. The predicted octanol–water partition coefficient (Wildman–Crippen LogP) is 4.36. The van der Waals surface area contributed by atoms with Crippen molar-refractivity contribution in [2.24, 2.45) is 0 Å². The van der Waals surface area contributed by atoms with Crippen LogP contribution in [0.4, 0.5) is 13.2 Å². The third-order valence-corrected chi connectivity index (χ3v) is 4.10. The molecule has 1 atom stereocenters. The second-order valence-electron chi connectivity index (χ2n) is 7.34. The molecule has 1 saturated heterocycles. The van der Waals surface area contributed by atoms with Crippen molar-refractivity contribution in [2.75, 3.05) is 6.54 Å². The van der Waals surface area contributed by atoms with Crippen LogP contribution in [0.1, 0.15) is 38.8 Å². The smallest absolute Gasteiger partial charge is 0.409 e. The Morgan fingerprint density at radius 3 is 2.31 bits per heavy atom. The fourth-order valence-electron chi connectivity index (χ4n) is 3.17. The zero-order valence-corrected chi connectivity index (χ0v) is 14.9. The second-order valence-corrected chi connectivity index (χ2v) is 7.34. The predicted molar refractivity (Wildman–Crippen MR) is 92.6 cm³/mol. The number of carbonyl (C=O) groups is 1. The van der Waals surface area contributed by atoms with E-state index < -0.39 is 23.7 Å². The van der Waals surface area contributed by atoms with E-state index in [0.29, 0.717) is 16.5 Å². The number of hydrogen-bond acceptors (Lipinski definition) is 3. The Bertz CT molecular complexity index is 828. The summed E-state index contributed by atoms with van der Waals surface area (Å²) in [6.45, 7) is 5.66. The number of nitrogens with one attached hydrogen (secondary N) is 1. The molecule has 1 fully saturated rings. The van der Waals surface area contributed by atoms with Crippen molar-refractivity contribution >= 4 is 16.7 Å². The van der Waals surface area contributed by atoms with Crippen LogP contribution in [0.15, 0.2) is 36.4 Å². The number of fused-ring (bicyclic) bond motifs is 1. The number of carbonyl (C=O) groups excluding carboxylic acids is 1. The van der Waals surface area contributed by atoms with Crippen LogP contribution in [-0.4, -0.2) is 29.2 Å². The summed E-state index contributed by atoms with van der Waals surface area (Å²) in [7, 11) is 0. The Hall–Kier alpha value is -2.28. The van der Waals surface area contributed by atoms with E-state index >= 15 is 0 Å². The summed E-state index contributed by atoms with van der Waals surface area (Å²) in [5, 5.41) is 2.03. The Kier molecular flexibility index (Phi) is 4.60. The van der Waals surface area contributed by atoms with Gasteiger partial charge in [0.2, 0.25) is 5.91 Å². The normalized spacial score (nSPS) is 17.4. The van der Waals surface area contributed by atoms with Crippen LogP contribution in [0.2, 0.25) is 0 Å². The quantitative estimate of drug-likeness (QED) is 0.878. The SMILES string of the molecule is CC(C)(C)Oc1cccc2c([C@H](N3CCC(=O)N3)C(F)(F)F)cccc12. The molecule has 0 saturated carbocycles. The molecule has 3 rings (SSSR count). The maximum absolute atomic E-state index is 13.9. The number of rotatable bonds is 3. The average Bonchev–Trinajstić information content (AvgIpc) is 2.91. The van der Waals surface area contributed by atoms with Gasteiger partial charge in [-0.3, -0.25) is 10.2 Å². The number of amides is 1. The van der Waals surface area contributed by atoms with Crippen LogP contribution in [0.3, 0.4) is 0 Å². The van der Waals surface area contributed by atoms with Gasteiger partial charge in [-0.15, -0.1) is 0 Å². The molecular formula is C19H21F3N2O2. The average molecular weight is 366 g/mol. The Labute approximate surface area is 149 Å². The highest BCUT2D eigenvalue weighted by atomic mass is 19.4. The van der Waals surface area contributed by atoms with Gasteiger partial charge in [0, 0.05) is 18.4 Å². The minimum Gasteiger partial charge on any atom is -0.488 e. The number of ether oxygens (including phenoxy) is 1. The molecule has 140 valence electrons. The minimum absolute atomic E-state index is 0.0115. The zero-order valence-electron chi connectivity index (χ0n) is 14.9. The highest BCUT2D eigenvalue weighted by Gasteiger charge is 2.47. The largest absolute Gasteiger partial charge is 0.488 e. The van der Waals surface area contributed by atoms with Gasteiger partial charge >= 0.3 is 6.18 Å². The molecule has 4 nitrogen and oxygen atoms in total. The van der Waals surface area contributed by atoms with E-state index in [9.17, 15) is 18.0 Å². The molecule has 26 heavy (non-hydrogen) atoms. The van der Waals surface area contributed by atoms with Crippen molar-refractivity contribution in [3.63, 3.8) is 0 Å². The lowest BCUT2D eigenvalue weighted by molar-refractivity contribution is -0.190. The summed E-state index contributed by atoms with van der Waals surface area (Å²) in [6, 6.07) is 7.95. The Morgan fingerprint density at radius 1 is 1.08 bits per heavy atom. The van der Waals surface area contributed by atoms with E-state index in [1.54, 1.807) is 30.3 Å². The monoisotopic (exact) mass is 366 g/mol. The first-order chi connectivity index (χ1) is 12.1. The first-order valence-electron chi connectivity index (χ1n) is 8.40. The fraction of sp³-hybridized carbons (Fsp3) is 0.421. The van der Waals surface area contributed by atoms with Crippen molar-refractivity contribution in [3.05, 3.63) is 42.0 Å². The van der Waals surface area contributed by atoms with Crippen LogP contribution in [0.25, 0.3) is 10.8 Å². The minimum atomic E-state index is -4.53. The molecule has 0 aliphatic carbocycles. The van der Waals surface area contributed by atoms with Gasteiger partial charge in [-0.1, -0.05) is 30.3 Å². The van der Waals surface area contributed by atoms with Gasteiger partial charge in [0.25, 0.3) is 0 Å². The number of benzene rings is 2. The summed E-state index contributed by atoms with van der Waals surface area (Å²) in [5.41, 5.74) is 1.94. The molecule has 0 aromatic heterocycles. The van der Waals surface area contributed by atoms with Gasteiger partial charge in [-0.25, -0.2) is 5.01 Å². The highest BCUT2D eigenvalue weighted by molar-refractivity contribution is 5.91. The van der Waals surface area contributed by atoms with Gasteiger partial charge in [0.15, 0.2) is 6.04 Å². The number of alkyl halides is 3. The number of hydrazine groups is 1. The van der Waals surface area contributed by atoms with Gasteiger partial charge in [0.05, 0.1) is 0 Å². The van der Waals surface area contributed by atoms with Crippen LogP contribution in [0.5, 0.6) is 5.75 Å². The maximum Gasteiger partial charge on any atom is 0.409 e. The summed E-state index contributed by atoms with van der Waals surface area (Å²) in [4.78, 5) is 11.5. The molecule has 0 unspecified atom stereocenters. The Morgan fingerprint density at radius 2 is 1.73 bits per heavy atom. The number of halogens is 3. The summed E-state index contributed by atoms with van der Waals surface area (Å²) in [5.74, 6) is 0.125. The third kappa shape index (κ3) is 3.77. The topological polar surface area (TPSA) is 41.6 Å². The molecule has 0 bridgehead atoms. The van der Waals surface area contributed by atoms with Crippen LogP contribution in [0, 0.1) is 0 Å². The lowest BCUT2D eigenvalue weighted by Crippen LogP contribution is -2.43. The van der Waals surface area contributed by atoms with Gasteiger partial charge in [0.1, 0.15) is 11.4 Å². The molecule has 2 aromatic carbocycles. The molecule has 0 spiro atoms. The van der Waals surface area contributed by atoms with Crippen LogP contribution >= 0.6 is 0 Å². The molecule has 7 heteroatoms. The molecule has 1 N–H and O–H groups in total. The molecule has 1 aliphatic heterocycles. The lowest BCUT2D eigenvalue weighted by atomic mass is 9.97. The van der Waals surface area contributed by atoms with E-state index in [1.807, 2.05) is 20.8 Å². The van der Waals surface area contributed by atoms with Crippen molar-refractivity contribution in [3.8, 4) is 5.75 Å². The van der Waals surface area contributed by atoms with E-state index in [4.69, 9.17) is 4.74 Å². The van der Waals surface area contributed by atoms with E-state index in [1.165, 1.54) is 6.07 Å². The van der Waals surface area contributed by atoms with Crippen molar-refractivity contribution in [1.29, 1.82) is 0 Å². The van der Waals surface area contributed by atoms with Crippen LogP contribution in [-0.2, 0) is 4.79 Å². The van der Waals surface area contributed by atoms with Crippen molar-refractivity contribution in [2.45, 2.75) is 45.0 Å². The zero-order chi connectivity index (χ0) is 19.1. The second kappa shape index (κ2) is 6.46. The summed E-state index contributed by atoms with van der Waals surface area (Å²) in [6.07, 6.45) is -4.48. The van der Waals surface area contributed by atoms with E-state index in [2.05, 4.69) is 5.43 Å². The molecule has 1 amide bonds. The lowest BCUT2D eigenvalue weighted by Gasteiger charge is -2.30.